The molecule has 5 heteroatoms. The van der Waals surface area contributed by atoms with Crippen LogP contribution < -0.4 is 0 Å². The van der Waals surface area contributed by atoms with E-state index in [0.29, 0.717) is 5.82 Å². The van der Waals surface area contributed by atoms with Gasteiger partial charge in [-0.3, -0.25) is 0 Å². The van der Waals surface area contributed by atoms with Gasteiger partial charge in [-0.2, -0.15) is 0 Å². The van der Waals surface area contributed by atoms with Crippen LogP contribution in [0.15, 0.2) is 0 Å². The normalized spacial score (nSPS) is 23.4. The predicted octanol–water partition coefficient (Wildman–Crippen LogP) is 4.88. The molecule has 0 bridgehead atoms. The molecule has 0 aromatic rings. The van der Waals surface area contributed by atoms with Gasteiger partial charge in [0.15, 0.2) is 8.32 Å². The highest BCUT2D eigenvalue weighted by atomic mass is 28.4. The van der Waals surface area contributed by atoms with Gasteiger partial charge in [0.1, 0.15) is 0 Å². The summed E-state index contributed by atoms with van der Waals surface area (Å²) in [6.45, 7) is 22.8. The highest BCUT2D eigenvalue weighted by Gasteiger charge is 2.52. The Kier molecular flexibility index (Phi) is 5.48. The molecule has 3 nitrogen and oxygen atoms in total. The summed E-state index contributed by atoms with van der Waals surface area (Å²) in [5.41, 5.74) is -0.488. The summed E-state index contributed by atoms with van der Waals surface area (Å²) in [5.74, 6) is 0.343. The third-order valence-electron chi connectivity index (χ3n) is 5.58. The molecule has 0 aromatic carbocycles. The van der Waals surface area contributed by atoms with Crippen LogP contribution in [0, 0.1) is 0 Å². The van der Waals surface area contributed by atoms with Crippen LogP contribution in [0.4, 0.5) is 0 Å². The molecule has 1 heterocycles. The van der Waals surface area contributed by atoms with Crippen LogP contribution in [0.3, 0.4) is 0 Å². The molecular formula is C16H35BO3Si. The van der Waals surface area contributed by atoms with Crippen LogP contribution >= 0.6 is 0 Å². The van der Waals surface area contributed by atoms with E-state index in [0.717, 1.165) is 13.0 Å². The molecule has 0 N–H and O–H groups in total. The molecule has 1 fully saturated rings. The van der Waals surface area contributed by atoms with E-state index in [1.165, 1.54) is 0 Å². The Labute approximate surface area is 133 Å². The molecule has 1 rings (SSSR count). The maximum Gasteiger partial charge on any atom is 0.460 e. The van der Waals surface area contributed by atoms with Gasteiger partial charge in [-0.05, 0) is 58.1 Å². The molecule has 0 aliphatic carbocycles. The summed E-state index contributed by atoms with van der Waals surface area (Å²) in [6.07, 6.45) is 0.976. The second kappa shape index (κ2) is 5.99. The molecule has 1 aliphatic rings. The van der Waals surface area contributed by atoms with Gasteiger partial charge in [0, 0.05) is 6.61 Å². The molecule has 1 saturated heterocycles. The Morgan fingerprint density at radius 2 is 1.48 bits per heavy atom. The monoisotopic (exact) mass is 314 g/mol. The van der Waals surface area contributed by atoms with Crippen LogP contribution in [-0.4, -0.2) is 33.2 Å². The zero-order valence-electron chi connectivity index (χ0n) is 15.8. The average Bonchev–Trinajstić information content (AvgIpc) is 2.46. The molecule has 1 atom stereocenters. The zero-order chi connectivity index (χ0) is 16.7. The van der Waals surface area contributed by atoms with Crippen LogP contribution in [0.2, 0.25) is 23.9 Å². The fraction of sp³-hybridized carbons (Fsp3) is 1.00. The average molecular weight is 314 g/mol. The molecule has 0 spiro atoms. The van der Waals surface area contributed by atoms with Crippen molar-refractivity contribution in [3.63, 3.8) is 0 Å². The zero-order valence-corrected chi connectivity index (χ0v) is 16.8. The van der Waals surface area contributed by atoms with Gasteiger partial charge in [-0.15, -0.1) is 0 Å². The minimum absolute atomic E-state index is 0.127. The third kappa shape index (κ3) is 4.34. The molecule has 1 aliphatic heterocycles. The SMILES string of the molecule is C[C@@H](CCO[Si](C)(C)C(C)(C)C)B1OC(C)(C)C(C)(C)O1. The third-order valence-corrected chi connectivity index (χ3v) is 10.1. The Balaban J connectivity index is 2.48. The van der Waals surface area contributed by atoms with Gasteiger partial charge in [0.2, 0.25) is 0 Å². The summed E-state index contributed by atoms with van der Waals surface area (Å²) in [6, 6.07) is 0. The van der Waals surface area contributed by atoms with Gasteiger partial charge in [-0.25, -0.2) is 0 Å². The summed E-state index contributed by atoms with van der Waals surface area (Å²) < 4.78 is 18.5. The fourth-order valence-electron chi connectivity index (χ4n) is 1.97. The van der Waals surface area contributed by atoms with Crippen molar-refractivity contribution in [2.24, 2.45) is 0 Å². The lowest BCUT2D eigenvalue weighted by Crippen LogP contribution is -2.41. The van der Waals surface area contributed by atoms with E-state index in [1.54, 1.807) is 0 Å². The number of hydrogen-bond acceptors (Lipinski definition) is 3. The second-order valence-corrected chi connectivity index (χ2v) is 13.8. The van der Waals surface area contributed by atoms with Crippen molar-refractivity contribution >= 4 is 15.4 Å². The van der Waals surface area contributed by atoms with Crippen molar-refractivity contribution in [3.8, 4) is 0 Å². The maximum atomic E-state index is 6.26. The topological polar surface area (TPSA) is 27.7 Å². The van der Waals surface area contributed by atoms with E-state index in [2.05, 4.69) is 68.5 Å². The summed E-state index contributed by atoms with van der Waals surface area (Å²) in [7, 11) is -1.78. The molecule has 0 radical (unpaired) electrons. The maximum absolute atomic E-state index is 6.26. The van der Waals surface area contributed by atoms with E-state index >= 15 is 0 Å². The molecule has 124 valence electrons. The van der Waals surface area contributed by atoms with Gasteiger partial charge in [0.05, 0.1) is 11.2 Å². The first-order valence-electron chi connectivity index (χ1n) is 8.19. The lowest BCUT2D eigenvalue weighted by Gasteiger charge is -2.36. The van der Waals surface area contributed by atoms with E-state index in [4.69, 9.17) is 13.7 Å². The van der Waals surface area contributed by atoms with Crippen molar-refractivity contribution in [2.75, 3.05) is 6.61 Å². The summed E-state index contributed by atoms with van der Waals surface area (Å²) in [4.78, 5) is 0. The van der Waals surface area contributed by atoms with Crippen LogP contribution in [0.5, 0.6) is 0 Å². The number of rotatable bonds is 5. The van der Waals surface area contributed by atoms with Gasteiger partial charge in [0.25, 0.3) is 0 Å². The summed E-state index contributed by atoms with van der Waals surface area (Å²) in [5, 5.41) is 0.264. The Morgan fingerprint density at radius 3 is 1.86 bits per heavy atom. The van der Waals surface area contributed by atoms with Crippen LogP contribution in [0.25, 0.3) is 0 Å². The minimum Gasteiger partial charge on any atom is -0.417 e. The molecule has 21 heavy (non-hydrogen) atoms. The van der Waals surface area contributed by atoms with E-state index in [9.17, 15) is 0 Å². The fourth-order valence-corrected chi connectivity index (χ4v) is 3.03. The minimum atomic E-state index is -1.65. The van der Waals surface area contributed by atoms with Crippen molar-refractivity contribution < 1.29 is 13.7 Å². The van der Waals surface area contributed by atoms with E-state index in [-0.39, 0.29) is 23.4 Å². The lowest BCUT2D eigenvalue weighted by molar-refractivity contribution is 0.00578. The predicted molar refractivity (Wildman–Crippen MR) is 93.3 cm³/mol. The van der Waals surface area contributed by atoms with Crippen molar-refractivity contribution in [3.05, 3.63) is 0 Å². The quantitative estimate of drug-likeness (QED) is 0.677. The standard InChI is InChI=1S/C16H35BO3Si/c1-13(11-12-18-21(9,10)14(2,3)4)17-19-15(5,6)16(7,8)20-17/h13H,11-12H2,1-10H3/t13-/m0/s1. The Bertz CT molecular complexity index is 345. The first kappa shape index (κ1) is 19.2. The van der Waals surface area contributed by atoms with E-state index in [1.807, 2.05) is 0 Å². The van der Waals surface area contributed by atoms with E-state index < -0.39 is 8.32 Å². The largest absolute Gasteiger partial charge is 0.460 e. The highest BCUT2D eigenvalue weighted by Crippen LogP contribution is 2.41. The van der Waals surface area contributed by atoms with Crippen molar-refractivity contribution in [1.82, 2.24) is 0 Å². The number of hydrogen-bond donors (Lipinski definition) is 0. The van der Waals surface area contributed by atoms with Crippen LogP contribution in [0.1, 0.15) is 61.8 Å². The van der Waals surface area contributed by atoms with Crippen LogP contribution in [-0.2, 0) is 13.7 Å². The van der Waals surface area contributed by atoms with Crippen molar-refractivity contribution in [1.29, 1.82) is 0 Å². The Hall–Kier alpha value is 0.162. The van der Waals surface area contributed by atoms with Gasteiger partial charge < -0.3 is 13.7 Å². The smallest absolute Gasteiger partial charge is 0.417 e. The molecule has 0 aromatic heterocycles. The highest BCUT2D eigenvalue weighted by molar-refractivity contribution is 6.74. The Morgan fingerprint density at radius 1 is 1.05 bits per heavy atom. The van der Waals surface area contributed by atoms with Crippen molar-refractivity contribution in [2.45, 2.75) is 97.0 Å². The first-order valence-corrected chi connectivity index (χ1v) is 11.1. The van der Waals surface area contributed by atoms with Gasteiger partial charge in [-0.1, -0.05) is 27.7 Å². The molecule has 0 unspecified atom stereocenters. The summed E-state index contributed by atoms with van der Waals surface area (Å²) >= 11 is 0. The van der Waals surface area contributed by atoms with Gasteiger partial charge >= 0.3 is 7.12 Å². The second-order valence-electron chi connectivity index (χ2n) is 9.00. The lowest BCUT2D eigenvalue weighted by atomic mass is 9.71. The molecular weight excluding hydrogens is 279 g/mol. The molecule has 0 amide bonds. The first-order chi connectivity index (χ1) is 9.20. The molecule has 0 saturated carbocycles.